The summed E-state index contributed by atoms with van der Waals surface area (Å²) >= 11 is 0. The first-order valence-corrected chi connectivity index (χ1v) is 13.1. The van der Waals surface area contributed by atoms with E-state index in [-0.39, 0.29) is 42.1 Å². The summed E-state index contributed by atoms with van der Waals surface area (Å²) in [5.74, 6) is 0. The van der Waals surface area contributed by atoms with Crippen LogP contribution in [-0.4, -0.2) is 85.9 Å². The Balaban J connectivity index is 0.00000324. The Morgan fingerprint density at radius 3 is 2.24 bits per heavy atom. The van der Waals surface area contributed by atoms with Crippen LogP contribution in [0.15, 0.2) is 18.5 Å². The minimum absolute atomic E-state index is 0. The number of amides is 2. The van der Waals surface area contributed by atoms with Crippen molar-refractivity contribution in [1.82, 2.24) is 19.4 Å². The monoisotopic (exact) mass is 497 g/mol. The Kier molecular flexibility index (Phi) is 8.73. The Morgan fingerprint density at radius 2 is 1.71 bits per heavy atom. The topological polar surface area (TPSA) is 99.6 Å². The van der Waals surface area contributed by atoms with Gasteiger partial charge in [-0.25, -0.2) is 13.8 Å². The van der Waals surface area contributed by atoms with Crippen molar-refractivity contribution >= 4 is 57.2 Å². The number of rotatable bonds is 8. The molecule has 0 unspecified atom stereocenters. The first kappa shape index (κ1) is 27.0. The maximum absolute atomic E-state index is 13.3. The first-order valence-electron chi connectivity index (χ1n) is 11.6. The Bertz CT molecular complexity index is 1110. The normalized spacial score (nSPS) is 14.6. The Hall–Kier alpha value is -1.59. The van der Waals surface area contributed by atoms with E-state index in [1.165, 1.54) is 21.6 Å². The molecule has 34 heavy (non-hydrogen) atoms. The van der Waals surface area contributed by atoms with E-state index < -0.39 is 16.2 Å². The number of hydrogen-bond acceptors (Lipinski definition) is 5. The fourth-order valence-corrected chi connectivity index (χ4v) is 5.79. The van der Waals surface area contributed by atoms with Gasteiger partial charge in [0.25, 0.3) is 0 Å². The average Bonchev–Trinajstić information content (AvgIpc) is 3.47. The van der Waals surface area contributed by atoms with Gasteiger partial charge < -0.3 is 10.2 Å². The number of aromatic nitrogens is 2. The van der Waals surface area contributed by atoms with Crippen LogP contribution >= 0.6 is 0 Å². The number of aryl methyl sites for hydroxylation is 2. The number of benzene rings is 1. The van der Waals surface area contributed by atoms with E-state index in [4.69, 9.17) is 0 Å². The van der Waals surface area contributed by atoms with Gasteiger partial charge in [-0.1, -0.05) is 6.07 Å². The molecule has 2 aliphatic rings. The summed E-state index contributed by atoms with van der Waals surface area (Å²) in [5, 5.41) is 7.18. The Morgan fingerprint density at radius 1 is 1.09 bits per heavy atom. The summed E-state index contributed by atoms with van der Waals surface area (Å²) in [6.45, 7) is 4.63. The molecule has 4 rings (SSSR count). The second kappa shape index (κ2) is 11.0. The molecule has 11 heteroatoms. The van der Waals surface area contributed by atoms with Crippen molar-refractivity contribution in [2.75, 3.05) is 36.8 Å². The molecule has 1 aromatic heterocycles. The van der Waals surface area contributed by atoms with Crippen LogP contribution in [0.25, 0.3) is 0 Å². The van der Waals surface area contributed by atoms with Crippen molar-refractivity contribution in [2.24, 2.45) is 0 Å². The van der Waals surface area contributed by atoms with E-state index in [1.54, 1.807) is 10.9 Å². The smallest absolute Gasteiger partial charge is 0.308 e. The number of carbonyl (C=O) groups excluding carboxylic acids is 1. The van der Waals surface area contributed by atoms with Gasteiger partial charge in [-0.3, -0.25) is 4.68 Å². The molecule has 0 spiro atoms. The van der Waals surface area contributed by atoms with Gasteiger partial charge in [0.05, 0.1) is 11.9 Å². The predicted octanol–water partition coefficient (Wildman–Crippen LogP) is 2.50. The quantitative estimate of drug-likeness (QED) is 0.546. The Labute approximate surface area is 224 Å². The number of anilines is 2. The molecule has 1 aromatic carbocycles. The average molecular weight is 498 g/mol. The van der Waals surface area contributed by atoms with Crippen molar-refractivity contribution in [2.45, 2.75) is 58.4 Å². The molecular formula is C23H34N6NaO3S. The van der Waals surface area contributed by atoms with Gasteiger partial charge in [0, 0.05) is 60.6 Å². The first-order chi connectivity index (χ1) is 15.7. The molecule has 0 fully saturated rings. The van der Waals surface area contributed by atoms with Gasteiger partial charge in [-0.15, -0.1) is 0 Å². The zero-order valence-corrected chi connectivity index (χ0v) is 23.7. The fourth-order valence-electron chi connectivity index (χ4n) is 4.70. The van der Waals surface area contributed by atoms with Crippen LogP contribution in [-0.2, 0) is 35.9 Å². The van der Waals surface area contributed by atoms with E-state index in [0.29, 0.717) is 12.2 Å². The molecular weight excluding hydrogens is 463 g/mol. The number of likely N-dealkylation sites (N-methyl/N-ethyl adjacent to an activating group) is 1. The maximum atomic E-state index is 13.3. The van der Waals surface area contributed by atoms with Crippen LogP contribution in [0, 0.1) is 0 Å². The SMILES string of the molecule is CC(C)n1cc(N(CCN(C)C)S(=O)(=O)NC(=O)Nc2c3c(cc4c2CCC4)CCC3)cn1.[Na]. The second-order valence-electron chi connectivity index (χ2n) is 9.44. The summed E-state index contributed by atoms with van der Waals surface area (Å²) in [7, 11) is -0.392. The molecule has 0 saturated heterocycles. The van der Waals surface area contributed by atoms with Crippen molar-refractivity contribution in [3.63, 3.8) is 0 Å². The molecule has 2 amide bonds. The van der Waals surface area contributed by atoms with E-state index in [2.05, 4.69) is 21.2 Å². The van der Waals surface area contributed by atoms with Gasteiger partial charge >= 0.3 is 16.2 Å². The molecule has 0 aliphatic heterocycles. The molecule has 1 radical (unpaired) electrons. The van der Waals surface area contributed by atoms with E-state index >= 15 is 0 Å². The van der Waals surface area contributed by atoms with Gasteiger partial charge in [-0.05, 0) is 88.7 Å². The number of urea groups is 1. The molecule has 1 heterocycles. The minimum atomic E-state index is -4.14. The molecule has 0 saturated carbocycles. The largest absolute Gasteiger partial charge is 0.334 e. The third kappa shape index (κ3) is 5.79. The predicted molar refractivity (Wildman–Crippen MR) is 136 cm³/mol. The van der Waals surface area contributed by atoms with Crippen LogP contribution < -0.4 is 14.3 Å². The molecule has 2 aromatic rings. The van der Waals surface area contributed by atoms with E-state index in [9.17, 15) is 13.2 Å². The van der Waals surface area contributed by atoms with Crippen LogP contribution in [0.4, 0.5) is 16.2 Å². The van der Waals surface area contributed by atoms with Crippen molar-refractivity contribution in [3.05, 3.63) is 40.7 Å². The van der Waals surface area contributed by atoms with E-state index in [1.807, 2.05) is 32.8 Å². The van der Waals surface area contributed by atoms with Crippen LogP contribution in [0.2, 0.25) is 0 Å². The van der Waals surface area contributed by atoms with Crippen LogP contribution in [0.5, 0.6) is 0 Å². The molecule has 2 aliphatic carbocycles. The van der Waals surface area contributed by atoms with E-state index in [0.717, 1.165) is 55.3 Å². The summed E-state index contributed by atoms with van der Waals surface area (Å²) in [4.78, 5) is 14.9. The van der Waals surface area contributed by atoms with Crippen molar-refractivity contribution < 1.29 is 13.2 Å². The second-order valence-corrected chi connectivity index (χ2v) is 11.0. The molecule has 2 N–H and O–H groups in total. The number of nitrogens with one attached hydrogen (secondary N) is 2. The number of fused-ring (bicyclic) bond motifs is 2. The van der Waals surface area contributed by atoms with Gasteiger partial charge in [0.2, 0.25) is 0 Å². The van der Waals surface area contributed by atoms with Gasteiger partial charge in [0.1, 0.15) is 0 Å². The minimum Gasteiger partial charge on any atom is -0.308 e. The van der Waals surface area contributed by atoms with Crippen LogP contribution in [0.1, 0.15) is 55.0 Å². The van der Waals surface area contributed by atoms with Crippen LogP contribution in [0.3, 0.4) is 0 Å². The van der Waals surface area contributed by atoms with Gasteiger partial charge in [0.15, 0.2) is 0 Å². The van der Waals surface area contributed by atoms with Crippen molar-refractivity contribution in [3.8, 4) is 0 Å². The molecule has 0 atom stereocenters. The molecule has 181 valence electrons. The van der Waals surface area contributed by atoms with Crippen molar-refractivity contribution in [1.29, 1.82) is 0 Å². The molecule has 9 nitrogen and oxygen atoms in total. The summed E-state index contributed by atoms with van der Waals surface area (Å²) in [5.41, 5.74) is 6.12. The summed E-state index contributed by atoms with van der Waals surface area (Å²) < 4.78 is 31.7. The molecule has 0 bridgehead atoms. The fraction of sp³-hybridized carbons (Fsp3) is 0.565. The third-order valence-corrected chi connectivity index (χ3v) is 7.80. The number of carbonyl (C=O) groups is 1. The zero-order valence-electron chi connectivity index (χ0n) is 20.9. The third-order valence-electron chi connectivity index (χ3n) is 6.38. The maximum Gasteiger partial charge on any atom is 0.334 e. The van der Waals surface area contributed by atoms with Gasteiger partial charge in [-0.2, -0.15) is 13.5 Å². The standard InChI is InChI=1S/C23H34N6O3S.Na/c1-16(2)28-15-19(14-24-28)29(12-11-27(3)4)33(31,32)26-23(30)25-22-20-9-5-7-17(20)13-18-8-6-10-21(18)22;/h13-16H,5-12H2,1-4H3,(H2,25,26,30);. The zero-order chi connectivity index (χ0) is 23.8. The summed E-state index contributed by atoms with van der Waals surface area (Å²) in [6, 6.07) is 1.64. The number of hydrogen-bond donors (Lipinski definition) is 2. The number of nitrogens with zero attached hydrogens (tertiary/aromatic N) is 4. The summed E-state index contributed by atoms with van der Waals surface area (Å²) in [6.07, 6.45) is 9.17.